The average Bonchev–Trinajstić information content (AvgIpc) is 2.75. The minimum Gasteiger partial charge on any atom is -1.00 e. The van der Waals surface area contributed by atoms with Gasteiger partial charge in [0.15, 0.2) is 0 Å². The second-order valence-electron chi connectivity index (χ2n) is 6.76. The molecule has 1 aliphatic carbocycles. The van der Waals surface area contributed by atoms with E-state index in [1.807, 2.05) is 0 Å². The third-order valence-corrected chi connectivity index (χ3v) is 10.6. The van der Waals surface area contributed by atoms with Gasteiger partial charge in [0.2, 0.25) is 0 Å². The Morgan fingerprint density at radius 2 is 1.54 bits per heavy atom. The van der Waals surface area contributed by atoms with E-state index < -0.39 is 8.07 Å². The molecule has 1 aromatic rings. The maximum atomic E-state index is 2.60. The van der Waals surface area contributed by atoms with Crippen molar-refractivity contribution in [2.75, 3.05) is 0 Å². The fourth-order valence-electron chi connectivity index (χ4n) is 3.70. The summed E-state index contributed by atoms with van der Waals surface area (Å²) in [5.74, 6) is 0. The van der Waals surface area contributed by atoms with Gasteiger partial charge in [0.05, 0.1) is 0 Å². The average molecular weight is 438 g/mol. The Bertz CT molecular complexity index is 590. The second kappa shape index (κ2) is 11.3. The summed E-state index contributed by atoms with van der Waals surface area (Å²) < 4.78 is 1.62. The van der Waals surface area contributed by atoms with Crippen LogP contribution in [0.1, 0.15) is 44.2 Å². The maximum Gasteiger partial charge on any atom is -1.00 e. The summed E-state index contributed by atoms with van der Waals surface area (Å²) in [6.45, 7) is 11.7. The van der Waals surface area contributed by atoms with Crippen molar-refractivity contribution in [2.24, 2.45) is 0 Å². The number of hydrogen-bond acceptors (Lipinski definition) is 0. The van der Waals surface area contributed by atoms with Gasteiger partial charge in [0.25, 0.3) is 0 Å². The van der Waals surface area contributed by atoms with E-state index in [4.69, 9.17) is 0 Å². The van der Waals surface area contributed by atoms with Crippen molar-refractivity contribution in [3.05, 3.63) is 50.0 Å². The van der Waals surface area contributed by atoms with Crippen LogP contribution in [-0.4, -0.2) is 8.07 Å². The molecule has 5 heteroatoms. The van der Waals surface area contributed by atoms with E-state index in [-0.39, 0.29) is 37.2 Å². The Morgan fingerprint density at radius 1 is 1.00 bits per heavy atom. The zero-order chi connectivity index (χ0) is 15.6. The van der Waals surface area contributed by atoms with Crippen LogP contribution in [0.15, 0.2) is 38.9 Å². The summed E-state index contributed by atoms with van der Waals surface area (Å²) in [6.07, 6.45) is 6.24. The Hall–Kier alpha value is 0.501. The molecule has 0 aliphatic heterocycles. The molecular weight excluding hydrogens is 411 g/mol. The maximum absolute atomic E-state index is 2.60. The van der Waals surface area contributed by atoms with Gasteiger partial charge >= 0.3 is 143 Å². The Labute approximate surface area is 179 Å². The Morgan fingerprint density at radius 3 is 1.96 bits per heavy atom. The molecule has 0 spiro atoms. The molecule has 0 amide bonds. The van der Waals surface area contributed by atoms with Crippen molar-refractivity contribution in [1.82, 2.24) is 0 Å². The van der Waals surface area contributed by atoms with Gasteiger partial charge in [-0.3, -0.25) is 0 Å². The van der Waals surface area contributed by atoms with Crippen LogP contribution in [-0.2, 0) is 20.4 Å². The molecule has 1 unspecified atom stereocenters. The normalized spacial score (nSPS) is 15.7. The molecule has 132 valence electrons. The molecule has 0 aromatic heterocycles. The molecule has 1 aliphatic rings. The number of aryl methyl sites for hydroxylation is 2. The van der Waals surface area contributed by atoms with Crippen molar-refractivity contribution >= 4 is 13.3 Å². The minimum atomic E-state index is -1.59. The molecule has 1 aromatic carbocycles. The van der Waals surface area contributed by atoms with Crippen LogP contribution < -0.4 is 42.4 Å². The van der Waals surface area contributed by atoms with Gasteiger partial charge in [-0.1, -0.05) is 0 Å². The van der Waals surface area contributed by atoms with Gasteiger partial charge in [0, 0.05) is 0 Å². The molecule has 24 heavy (non-hydrogen) atoms. The number of hydrogen-bond donors (Lipinski definition) is 0. The minimum absolute atomic E-state index is 0. The van der Waals surface area contributed by atoms with Gasteiger partial charge in [-0.25, -0.2) is 0 Å². The van der Waals surface area contributed by atoms with E-state index in [0.717, 1.165) is 0 Å². The third kappa shape index (κ3) is 5.76. The van der Waals surface area contributed by atoms with Crippen LogP contribution in [0.2, 0.25) is 12.6 Å². The topological polar surface area (TPSA) is 0 Å². The van der Waals surface area contributed by atoms with Gasteiger partial charge < -0.3 is 37.2 Å². The molecule has 0 N–H and O–H groups in total. The summed E-state index contributed by atoms with van der Waals surface area (Å²) in [7, 11) is -1.59. The molecule has 1 atom stereocenters. The van der Waals surface area contributed by atoms with Crippen LogP contribution in [0.25, 0.3) is 0 Å². The van der Waals surface area contributed by atoms with Crippen LogP contribution in [0.3, 0.4) is 0 Å². The van der Waals surface area contributed by atoms with E-state index in [1.165, 1.54) is 36.4 Å². The largest absolute Gasteiger partial charge is 1.00 e. The fourth-order valence-corrected chi connectivity index (χ4v) is 10.2. The number of unbranched alkanes of at least 4 members (excludes halogenated alkanes) is 1. The van der Waals surface area contributed by atoms with E-state index in [2.05, 4.69) is 79.0 Å². The standard InChI is InChI=1S/C19H27Si.3ClH.Ti/c1-6-7-11-20(5,19-10-8-9-17(19)4)18-13-15(2)12-16(3)14-18;;;;/h9,12-14H,6-8,11H2,1-5H3;3*1H;/q;;;;+3/p-3. The molecule has 2 rings (SSSR count). The van der Waals surface area contributed by atoms with E-state index in [9.17, 15) is 0 Å². The summed E-state index contributed by atoms with van der Waals surface area (Å²) >= 11 is 2.35. The molecule has 0 saturated heterocycles. The van der Waals surface area contributed by atoms with Crippen LogP contribution in [0.5, 0.6) is 0 Å². The number of benzene rings is 1. The van der Waals surface area contributed by atoms with Gasteiger partial charge in [-0.2, -0.15) is 0 Å². The Balaban J connectivity index is 0. The molecule has 0 heterocycles. The van der Waals surface area contributed by atoms with E-state index in [0.29, 0.717) is 0 Å². The zero-order valence-corrected chi connectivity index (χ0v) is 20.1. The third-order valence-electron chi connectivity index (χ3n) is 4.75. The van der Waals surface area contributed by atoms with Crippen LogP contribution in [0, 0.1) is 13.8 Å². The molecular formula is C19H27Cl3SiTi. The SMILES string of the molecule is CCCC[Si](C)(C1=[C]([Ti+3])CC=C1C)c1cc(C)cc(C)c1.[Cl-].[Cl-].[Cl-]. The van der Waals surface area contributed by atoms with Crippen molar-refractivity contribution in [2.45, 2.75) is 59.5 Å². The predicted molar refractivity (Wildman–Crippen MR) is 92.3 cm³/mol. The number of allylic oxidation sites excluding steroid dienone is 4. The van der Waals surface area contributed by atoms with E-state index >= 15 is 0 Å². The van der Waals surface area contributed by atoms with E-state index in [1.54, 1.807) is 19.8 Å². The second-order valence-corrected chi connectivity index (χ2v) is 11.9. The zero-order valence-electron chi connectivity index (χ0n) is 15.3. The molecule has 0 radical (unpaired) electrons. The van der Waals surface area contributed by atoms with Crippen molar-refractivity contribution in [3.8, 4) is 0 Å². The monoisotopic (exact) mass is 436 g/mol. The predicted octanol–water partition coefficient (Wildman–Crippen LogP) is -3.91. The van der Waals surface area contributed by atoms with Crippen molar-refractivity contribution in [3.63, 3.8) is 0 Å². The first-order valence-corrected chi connectivity index (χ1v) is 11.6. The first-order valence-electron chi connectivity index (χ1n) is 8.09. The summed E-state index contributed by atoms with van der Waals surface area (Å²) in [6, 6.07) is 8.60. The molecule has 0 fully saturated rings. The number of rotatable bonds is 5. The smallest absolute Gasteiger partial charge is 1.00 e. The van der Waals surface area contributed by atoms with Crippen LogP contribution in [0.4, 0.5) is 0 Å². The van der Waals surface area contributed by atoms with Crippen LogP contribution >= 0.6 is 0 Å². The van der Waals surface area contributed by atoms with Gasteiger partial charge in [-0.05, 0) is 0 Å². The van der Waals surface area contributed by atoms with Crippen molar-refractivity contribution < 1.29 is 57.7 Å². The van der Waals surface area contributed by atoms with Gasteiger partial charge in [0.1, 0.15) is 0 Å². The molecule has 0 nitrogen and oxygen atoms in total. The summed E-state index contributed by atoms with van der Waals surface area (Å²) in [5, 5.41) is 3.37. The first-order chi connectivity index (χ1) is 9.88. The summed E-state index contributed by atoms with van der Waals surface area (Å²) in [5.41, 5.74) is 4.38. The molecule has 0 bridgehead atoms. The number of halogens is 3. The van der Waals surface area contributed by atoms with Gasteiger partial charge in [-0.15, -0.1) is 0 Å². The van der Waals surface area contributed by atoms with Crippen molar-refractivity contribution in [1.29, 1.82) is 0 Å². The quantitative estimate of drug-likeness (QED) is 0.413. The molecule has 0 saturated carbocycles. The summed E-state index contributed by atoms with van der Waals surface area (Å²) in [4.78, 5) is 0. The first kappa shape index (κ1) is 26.7. The fraction of sp³-hybridized carbons (Fsp3) is 0.474. The Kier molecular flexibility index (Phi) is 12.5.